The maximum atomic E-state index is 6.14. The highest BCUT2D eigenvalue weighted by Crippen LogP contribution is 2.44. The molecular weight excluding hydrogens is 220 g/mol. The van der Waals surface area contributed by atoms with Gasteiger partial charge in [-0.3, -0.25) is 0 Å². The minimum Gasteiger partial charge on any atom is -0.368 e. The number of hydrogen-bond donors (Lipinski definition) is 1. The Morgan fingerprint density at radius 2 is 2.25 bits per heavy atom. The maximum Gasteiger partial charge on any atom is 0.125 e. The average Bonchev–Trinajstić information content (AvgIpc) is 2.84. The summed E-state index contributed by atoms with van der Waals surface area (Å²) in [6, 6.07) is 0. The highest BCUT2D eigenvalue weighted by Gasteiger charge is 2.43. The molecule has 2 N–H and O–H groups in total. The zero-order valence-corrected chi connectivity index (χ0v) is 11.1. The van der Waals surface area contributed by atoms with Gasteiger partial charge in [-0.05, 0) is 33.1 Å². The zero-order valence-electron chi connectivity index (χ0n) is 10.2. The number of nitrogens with zero attached hydrogens (tertiary/aromatic N) is 1. The smallest absolute Gasteiger partial charge is 0.125 e. The third-order valence-electron chi connectivity index (χ3n) is 3.39. The molecular formula is C12H20N2OS. The first kappa shape index (κ1) is 12.0. The molecule has 1 atom stereocenters. The topological polar surface area (TPSA) is 48.1 Å². The molecule has 0 amide bonds. The van der Waals surface area contributed by atoms with E-state index in [9.17, 15) is 0 Å². The summed E-state index contributed by atoms with van der Waals surface area (Å²) in [4.78, 5) is 4.67. The molecule has 3 nitrogen and oxygen atoms in total. The van der Waals surface area contributed by atoms with E-state index in [-0.39, 0.29) is 11.1 Å². The van der Waals surface area contributed by atoms with Crippen molar-refractivity contribution in [3.63, 3.8) is 0 Å². The number of thiazole rings is 1. The third-order valence-corrected chi connectivity index (χ3v) is 4.48. The summed E-state index contributed by atoms with van der Waals surface area (Å²) in [5.41, 5.74) is 6.81. The molecule has 1 aliphatic carbocycles. The fourth-order valence-corrected chi connectivity index (χ4v) is 2.88. The van der Waals surface area contributed by atoms with Crippen LogP contribution in [0.5, 0.6) is 0 Å². The van der Waals surface area contributed by atoms with E-state index in [1.807, 2.05) is 6.92 Å². The lowest BCUT2D eigenvalue weighted by atomic mass is 10.0. The van der Waals surface area contributed by atoms with E-state index < -0.39 is 0 Å². The molecule has 16 heavy (non-hydrogen) atoms. The van der Waals surface area contributed by atoms with Crippen molar-refractivity contribution in [2.24, 2.45) is 5.73 Å². The van der Waals surface area contributed by atoms with Gasteiger partial charge in [0.1, 0.15) is 10.6 Å². The van der Waals surface area contributed by atoms with E-state index in [0.717, 1.165) is 30.0 Å². The minimum atomic E-state index is -0.247. The third kappa shape index (κ3) is 2.01. The molecule has 0 aliphatic heterocycles. The summed E-state index contributed by atoms with van der Waals surface area (Å²) in [6.07, 6.45) is 3.06. The number of ether oxygens (including phenoxy) is 1. The predicted octanol–water partition coefficient (Wildman–Crippen LogP) is 2.75. The standard InChI is InChI=1S/C12H20N2OS/c1-4-11(3,15-5-2)10-14-9(8-16-10)12(13)6-7-12/h8H,4-7,13H2,1-3H3. The fraction of sp³-hybridized carbons (Fsp3) is 0.750. The van der Waals surface area contributed by atoms with Gasteiger partial charge in [-0.25, -0.2) is 4.98 Å². The quantitative estimate of drug-likeness (QED) is 0.861. The van der Waals surface area contributed by atoms with E-state index in [2.05, 4.69) is 24.2 Å². The number of hydrogen-bond acceptors (Lipinski definition) is 4. The van der Waals surface area contributed by atoms with E-state index >= 15 is 0 Å². The first-order chi connectivity index (χ1) is 7.54. The monoisotopic (exact) mass is 240 g/mol. The first-order valence-electron chi connectivity index (χ1n) is 5.93. The maximum absolute atomic E-state index is 6.14. The SMILES string of the molecule is CCOC(C)(CC)c1nc(C2(N)CC2)cs1. The van der Waals surface area contributed by atoms with Crippen LogP contribution in [0.1, 0.15) is 50.7 Å². The van der Waals surface area contributed by atoms with Crippen molar-refractivity contribution in [3.05, 3.63) is 16.1 Å². The van der Waals surface area contributed by atoms with E-state index in [0.29, 0.717) is 6.61 Å². The predicted molar refractivity (Wildman–Crippen MR) is 66.5 cm³/mol. The molecule has 0 bridgehead atoms. The summed E-state index contributed by atoms with van der Waals surface area (Å²) in [5.74, 6) is 0. The van der Waals surface area contributed by atoms with Crippen LogP contribution in [0.25, 0.3) is 0 Å². The molecule has 0 spiro atoms. The molecule has 0 saturated heterocycles. The van der Waals surface area contributed by atoms with Crippen LogP contribution in [0.15, 0.2) is 5.38 Å². The van der Waals surface area contributed by atoms with Gasteiger partial charge in [0, 0.05) is 12.0 Å². The molecule has 90 valence electrons. The Morgan fingerprint density at radius 3 is 2.75 bits per heavy atom. The number of nitrogens with two attached hydrogens (primary N) is 1. The Bertz CT molecular complexity index is 373. The van der Waals surface area contributed by atoms with Crippen molar-refractivity contribution in [1.82, 2.24) is 4.98 Å². The van der Waals surface area contributed by atoms with Crippen molar-refractivity contribution >= 4 is 11.3 Å². The molecule has 1 aliphatic rings. The fourth-order valence-electron chi connectivity index (χ4n) is 1.77. The summed E-state index contributed by atoms with van der Waals surface area (Å²) < 4.78 is 5.82. The van der Waals surface area contributed by atoms with Crippen LogP contribution in [-0.4, -0.2) is 11.6 Å². The zero-order chi connectivity index (χ0) is 11.8. The van der Waals surface area contributed by atoms with Gasteiger partial charge in [0.05, 0.1) is 11.2 Å². The van der Waals surface area contributed by atoms with Crippen LogP contribution in [0.2, 0.25) is 0 Å². The van der Waals surface area contributed by atoms with Crippen LogP contribution in [-0.2, 0) is 15.9 Å². The molecule has 0 radical (unpaired) electrons. The average molecular weight is 240 g/mol. The number of aromatic nitrogens is 1. The van der Waals surface area contributed by atoms with Gasteiger partial charge in [-0.15, -0.1) is 11.3 Å². The second-order valence-corrected chi connectivity index (χ2v) is 5.57. The summed E-state index contributed by atoms with van der Waals surface area (Å²) in [5, 5.41) is 3.15. The lowest BCUT2D eigenvalue weighted by Gasteiger charge is -2.25. The highest BCUT2D eigenvalue weighted by molar-refractivity contribution is 7.09. The summed E-state index contributed by atoms with van der Waals surface area (Å²) in [7, 11) is 0. The normalized spacial score (nSPS) is 21.8. The van der Waals surface area contributed by atoms with Crippen molar-refractivity contribution < 1.29 is 4.74 Å². The Kier molecular flexibility index (Phi) is 3.07. The van der Waals surface area contributed by atoms with Gasteiger partial charge < -0.3 is 10.5 Å². The summed E-state index contributed by atoms with van der Waals surface area (Å²) in [6.45, 7) is 6.97. The molecule has 1 unspecified atom stereocenters. The Hall–Kier alpha value is -0.450. The van der Waals surface area contributed by atoms with Crippen molar-refractivity contribution in [1.29, 1.82) is 0 Å². The molecule has 0 aromatic carbocycles. The largest absolute Gasteiger partial charge is 0.368 e. The van der Waals surface area contributed by atoms with Gasteiger partial charge in [0.2, 0.25) is 0 Å². The molecule has 1 heterocycles. The van der Waals surface area contributed by atoms with E-state index in [1.165, 1.54) is 0 Å². The van der Waals surface area contributed by atoms with Gasteiger partial charge in [0.25, 0.3) is 0 Å². The van der Waals surface area contributed by atoms with Crippen molar-refractivity contribution in [3.8, 4) is 0 Å². The lowest BCUT2D eigenvalue weighted by Crippen LogP contribution is -2.26. The van der Waals surface area contributed by atoms with Crippen LogP contribution < -0.4 is 5.73 Å². The van der Waals surface area contributed by atoms with Crippen molar-refractivity contribution in [2.45, 2.75) is 51.2 Å². The van der Waals surface area contributed by atoms with Gasteiger partial charge in [-0.1, -0.05) is 6.92 Å². The molecule has 2 rings (SSSR count). The molecule has 1 aromatic heterocycles. The van der Waals surface area contributed by atoms with E-state index in [1.54, 1.807) is 11.3 Å². The second-order valence-electron chi connectivity index (χ2n) is 4.71. The second kappa shape index (κ2) is 4.09. The molecule has 1 aromatic rings. The van der Waals surface area contributed by atoms with Gasteiger partial charge in [0.15, 0.2) is 0 Å². The molecule has 4 heteroatoms. The van der Waals surface area contributed by atoms with Crippen LogP contribution in [0.3, 0.4) is 0 Å². The lowest BCUT2D eigenvalue weighted by molar-refractivity contribution is -0.0325. The Morgan fingerprint density at radius 1 is 1.56 bits per heavy atom. The van der Waals surface area contributed by atoms with Crippen LogP contribution >= 0.6 is 11.3 Å². The van der Waals surface area contributed by atoms with Gasteiger partial charge in [-0.2, -0.15) is 0 Å². The Labute approximate surface area is 101 Å². The van der Waals surface area contributed by atoms with Gasteiger partial charge >= 0.3 is 0 Å². The van der Waals surface area contributed by atoms with Crippen LogP contribution in [0.4, 0.5) is 0 Å². The first-order valence-corrected chi connectivity index (χ1v) is 6.81. The number of rotatable bonds is 5. The van der Waals surface area contributed by atoms with E-state index in [4.69, 9.17) is 10.5 Å². The Balaban J connectivity index is 2.22. The van der Waals surface area contributed by atoms with Crippen molar-refractivity contribution in [2.75, 3.05) is 6.61 Å². The minimum absolute atomic E-state index is 0.129. The molecule has 1 saturated carbocycles. The van der Waals surface area contributed by atoms with Crippen LogP contribution in [0, 0.1) is 0 Å². The highest BCUT2D eigenvalue weighted by atomic mass is 32.1. The summed E-state index contributed by atoms with van der Waals surface area (Å²) >= 11 is 1.67. The molecule has 1 fully saturated rings.